The summed E-state index contributed by atoms with van der Waals surface area (Å²) in [6.07, 6.45) is 0. The van der Waals surface area contributed by atoms with Gasteiger partial charge in [-0.3, -0.25) is 0 Å². The Hall–Kier alpha value is 0.423. The maximum absolute atomic E-state index is 9.26. The van der Waals surface area contributed by atoms with Crippen LogP contribution in [0.4, 0.5) is 0 Å². The average Bonchev–Trinajstić information content (AvgIpc) is 1.76. The SMILES string of the molecule is [O-][N+]1(O)OO1.[Zn]. The molecule has 1 fully saturated rings. The van der Waals surface area contributed by atoms with Crippen molar-refractivity contribution in [2.24, 2.45) is 0 Å². The molecule has 1 rings (SSSR count). The Morgan fingerprint density at radius 2 is 1.67 bits per heavy atom. The van der Waals surface area contributed by atoms with Crippen molar-refractivity contribution in [2.75, 3.05) is 0 Å². The third-order valence-corrected chi connectivity index (χ3v) is 0.202. The van der Waals surface area contributed by atoms with Gasteiger partial charge in [0.15, 0.2) is 5.14 Å². The predicted octanol–water partition coefficient (Wildman–Crippen LogP) is -0.520. The van der Waals surface area contributed by atoms with E-state index in [0.717, 1.165) is 0 Å². The van der Waals surface area contributed by atoms with E-state index in [9.17, 15) is 5.21 Å². The Morgan fingerprint density at radius 1 is 1.50 bits per heavy atom. The second-order valence-corrected chi connectivity index (χ2v) is 0.618. The quantitative estimate of drug-likeness (QED) is 0.163. The van der Waals surface area contributed by atoms with Crippen molar-refractivity contribution in [2.45, 2.75) is 0 Å². The molecule has 32 valence electrons. The molecule has 6 heteroatoms. The van der Waals surface area contributed by atoms with Gasteiger partial charge >= 0.3 is 0 Å². The Bertz CT molecular complexity index is 45.5. The first-order valence-corrected chi connectivity index (χ1v) is 0.914. The first-order chi connectivity index (χ1) is 2.21. The Morgan fingerprint density at radius 3 is 1.67 bits per heavy atom. The number of rotatable bonds is 0. The van der Waals surface area contributed by atoms with Gasteiger partial charge in [-0.05, 0) is 0 Å². The van der Waals surface area contributed by atoms with Crippen molar-refractivity contribution in [1.29, 1.82) is 0 Å². The summed E-state index contributed by atoms with van der Waals surface area (Å²) in [6, 6.07) is 0. The van der Waals surface area contributed by atoms with Crippen LogP contribution in [0.25, 0.3) is 0 Å². The van der Waals surface area contributed by atoms with Crippen LogP contribution in [0.3, 0.4) is 0 Å². The van der Waals surface area contributed by atoms with Crippen molar-refractivity contribution < 1.29 is 39.8 Å². The number of hydrogen-bond donors (Lipinski definition) is 1. The summed E-state index contributed by atoms with van der Waals surface area (Å²) >= 11 is 0. The summed E-state index contributed by atoms with van der Waals surface area (Å²) in [5.41, 5.74) is 0. The molecule has 1 aliphatic rings. The molecule has 1 heterocycles. The van der Waals surface area contributed by atoms with Crippen molar-refractivity contribution in [3.8, 4) is 0 Å². The largest absolute Gasteiger partial charge is 0.523 e. The van der Waals surface area contributed by atoms with Gasteiger partial charge in [0.05, 0.1) is 0 Å². The summed E-state index contributed by atoms with van der Waals surface area (Å²) in [7, 11) is 0. The summed E-state index contributed by atoms with van der Waals surface area (Å²) in [4.78, 5) is 6.67. The van der Waals surface area contributed by atoms with Crippen LogP contribution in [0.15, 0.2) is 0 Å². The first kappa shape index (κ1) is 6.42. The average molecular weight is 144 g/mol. The third-order valence-electron chi connectivity index (χ3n) is 0.202. The molecule has 0 amide bonds. The summed E-state index contributed by atoms with van der Waals surface area (Å²) in [5.74, 6) is 0. The molecule has 1 N–H and O–H groups in total. The third kappa shape index (κ3) is 1.76. The second-order valence-electron chi connectivity index (χ2n) is 0.618. The topological polar surface area (TPSA) is 68.3 Å². The van der Waals surface area contributed by atoms with Crippen LogP contribution in [0.2, 0.25) is 0 Å². The van der Waals surface area contributed by atoms with Crippen LogP contribution >= 0.6 is 0 Å². The molecule has 0 radical (unpaired) electrons. The molecule has 0 saturated carbocycles. The van der Waals surface area contributed by atoms with Gasteiger partial charge in [-0.25, -0.2) is 0 Å². The molecule has 5 nitrogen and oxygen atoms in total. The number of quaternary nitrogens is 1. The first-order valence-electron chi connectivity index (χ1n) is 0.914. The fraction of sp³-hybridized carbons (Fsp3) is 0. The van der Waals surface area contributed by atoms with Gasteiger partial charge in [-0.15, -0.1) is 5.21 Å². The predicted molar refractivity (Wildman–Crippen MR) is 7.58 cm³/mol. The zero-order chi connectivity index (χ0) is 3.91. The molecular formula is HNO4Zn. The zero-order valence-corrected chi connectivity index (χ0v) is 5.79. The van der Waals surface area contributed by atoms with Crippen LogP contribution < -0.4 is 0 Å². The molecular weight excluding hydrogens is 143 g/mol. The maximum atomic E-state index is 9.26. The molecule has 0 atom stereocenters. The van der Waals surface area contributed by atoms with Crippen LogP contribution in [0.5, 0.6) is 0 Å². The van der Waals surface area contributed by atoms with Crippen molar-refractivity contribution >= 4 is 0 Å². The smallest absolute Gasteiger partial charge is 0.154 e. The summed E-state index contributed by atoms with van der Waals surface area (Å²) < 4.78 is 0. The van der Waals surface area contributed by atoms with Crippen LogP contribution in [-0.2, 0) is 29.5 Å². The molecule has 6 heavy (non-hydrogen) atoms. The van der Waals surface area contributed by atoms with Gasteiger partial charge < -0.3 is 5.21 Å². The van der Waals surface area contributed by atoms with Crippen LogP contribution in [0.1, 0.15) is 0 Å². The van der Waals surface area contributed by atoms with Crippen LogP contribution in [-0.4, -0.2) is 10.3 Å². The van der Waals surface area contributed by atoms with E-state index < -0.39 is 5.14 Å². The molecule has 0 unspecified atom stereocenters. The van der Waals surface area contributed by atoms with E-state index in [1.807, 2.05) is 0 Å². The van der Waals surface area contributed by atoms with E-state index in [-0.39, 0.29) is 19.5 Å². The van der Waals surface area contributed by atoms with E-state index in [1.54, 1.807) is 0 Å². The molecule has 0 bridgehead atoms. The van der Waals surface area contributed by atoms with E-state index in [0.29, 0.717) is 0 Å². The molecule has 1 saturated heterocycles. The Labute approximate surface area is 45.8 Å². The molecule has 0 spiro atoms. The Balaban J connectivity index is 0.000000250. The van der Waals surface area contributed by atoms with Crippen molar-refractivity contribution in [3.05, 3.63) is 5.21 Å². The van der Waals surface area contributed by atoms with Crippen molar-refractivity contribution in [1.82, 2.24) is 0 Å². The van der Waals surface area contributed by atoms with E-state index in [2.05, 4.69) is 9.98 Å². The zero-order valence-electron chi connectivity index (χ0n) is 2.83. The van der Waals surface area contributed by atoms with E-state index in [4.69, 9.17) is 5.21 Å². The van der Waals surface area contributed by atoms with Gasteiger partial charge in [0.1, 0.15) is 9.98 Å². The van der Waals surface area contributed by atoms with Crippen LogP contribution in [0, 0.1) is 5.21 Å². The molecule has 0 aromatic heterocycles. The molecule has 1 aliphatic heterocycles. The van der Waals surface area contributed by atoms with Gasteiger partial charge in [0, 0.05) is 19.5 Å². The van der Waals surface area contributed by atoms with Gasteiger partial charge in [-0.1, -0.05) is 0 Å². The molecule has 0 aromatic rings. The van der Waals surface area contributed by atoms with Gasteiger partial charge in [0.2, 0.25) is 0 Å². The molecule has 0 aromatic carbocycles. The summed E-state index contributed by atoms with van der Waals surface area (Å²) in [6.45, 7) is 0. The normalized spacial score (nSPS) is 25.0. The minimum Gasteiger partial charge on any atom is -0.523 e. The number of hydrogen-bond acceptors (Lipinski definition) is 4. The summed E-state index contributed by atoms with van der Waals surface area (Å²) in [5, 5.41) is 14.8. The minimum atomic E-state index is -2.00. The standard InChI is InChI=1S/HNO4.Zn/c2-1(3)4-5-1;/h2H;. The minimum absolute atomic E-state index is 0. The number of nitrogens with zero attached hydrogens (tertiary/aromatic N) is 1. The Kier molecular flexibility index (Phi) is 1.60. The second kappa shape index (κ2) is 1.50. The van der Waals surface area contributed by atoms with Gasteiger partial charge in [-0.2, -0.15) is 0 Å². The molecule has 0 aliphatic carbocycles. The van der Waals surface area contributed by atoms with E-state index >= 15 is 0 Å². The van der Waals surface area contributed by atoms with Gasteiger partial charge in [0.25, 0.3) is 0 Å². The fourth-order valence-electron chi connectivity index (χ4n) is 0.0285. The fourth-order valence-corrected chi connectivity index (χ4v) is 0.0285. The van der Waals surface area contributed by atoms with E-state index in [1.165, 1.54) is 0 Å². The monoisotopic (exact) mass is 143 g/mol. The van der Waals surface area contributed by atoms with Crippen molar-refractivity contribution in [3.63, 3.8) is 0 Å². The maximum Gasteiger partial charge on any atom is 0.154 e.